The van der Waals surface area contributed by atoms with Gasteiger partial charge in [-0.25, -0.2) is 0 Å². The van der Waals surface area contributed by atoms with Gasteiger partial charge in [0, 0.05) is 12.6 Å². The van der Waals surface area contributed by atoms with E-state index in [1.165, 1.54) is 6.07 Å². The number of likely N-dealkylation sites (N-methyl/N-ethyl adjacent to an activating group) is 1. The second-order valence-electron chi connectivity index (χ2n) is 6.64. The van der Waals surface area contributed by atoms with Crippen LogP contribution >= 0.6 is 0 Å². The molecule has 136 valence electrons. The third kappa shape index (κ3) is 3.55. The number of rotatable bonds is 5. The fourth-order valence-corrected chi connectivity index (χ4v) is 3.02. The van der Waals surface area contributed by atoms with Crippen LogP contribution in [-0.4, -0.2) is 31.4 Å². The van der Waals surface area contributed by atoms with Gasteiger partial charge in [0.15, 0.2) is 11.2 Å². The predicted molar refractivity (Wildman–Crippen MR) is 99.4 cm³/mol. The quantitative estimate of drug-likeness (QED) is 0.762. The number of amides is 1. The summed E-state index contributed by atoms with van der Waals surface area (Å²) in [6, 6.07) is 8.49. The second-order valence-corrected chi connectivity index (χ2v) is 6.64. The Balaban J connectivity index is 1.85. The molecule has 1 aromatic carbocycles. The topological polar surface area (TPSA) is 75.7 Å². The van der Waals surface area contributed by atoms with E-state index >= 15 is 0 Å². The van der Waals surface area contributed by atoms with Crippen LogP contribution in [0, 0.1) is 13.8 Å². The van der Waals surface area contributed by atoms with Crippen LogP contribution in [0.1, 0.15) is 33.5 Å². The molecule has 1 N–H and O–H groups in total. The van der Waals surface area contributed by atoms with Gasteiger partial charge in [-0.15, -0.1) is 0 Å². The number of nitrogens with zero attached hydrogens (tertiary/aromatic N) is 1. The van der Waals surface area contributed by atoms with Crippen molar-refractivity contribution in [2.24, 2.45) is 0 Å². The number of aryl methyl sites for hydroxylation is 2. The molecule has 2 heterocycles. The zero-order chi connectivity index (χ0) is 18.8. The summed E-state index contributed by atoms with van der Waals surface area (Å²) in [5.74, 6) is 0.329. The average Bonchev–Trinajstić information content (AvgIpc) is 3.09. The monoisotopic (exact) mass is 354 g/mol. The maximum atomic E-state index is 12.5. The zero-order valence-electron chi connectivity index (χ0n) is 15.3. The maximum absolute atomic E-state index is 12.5. The number of nitrogens with one attached hydrogen (secondary N) is 1. The molecule has 3 aromatic rings. The first kappa shape index (κ1) is 17.9. The molecule has 1 atom stereocenters. The Morgan fingerprint density at radius 1 is 1.23 bits per heavy atom. The van der Waals surface area contributed by atoms with E-state index in [-0.39, 0.29) is 17.2 Å². The zero-order valence-corrected chi connectivity index (χ0v) is 15.3. The van der Waals surface area contributed by atoms with Crippen molar-refractivity contribution in [3.8, 4) is 0 Å². The summed E-state index contributed by atoms with van der Waals surface area (Å²) in [4.78, 5) is 26.8. The number of hydrogen-bond donors (Lipinski definition) is 1. The molecule has 3 rings (SSSR count). The van der Waals surface area contributed by atoms with E-state index in [0.717, 1.165) is 16.9 Å². The molecule has 0 saturated heterocycles. The third-order valence-corrected chi connectivity index (χ3v) is 4.33. The van der Waals surface area contributed by atoms with Crippen LogP contribution in [0.4, 0.5) is 0 Å². The molecule has 2 aromatic heterocycles. The number of benzene rings is 1. The molecule has 0 aliphatic carbocycles. The third-order valence-electron chi connectivity index (χ3n) is 4.33. The first-order chi connectivity index (χ1) is 12.4. The first-order valence-corrected chi connectivity index (χ1v) is 8.40. The van der Waals surface area contributed by atoms with E-state index in [1.54, 1.807) is 18.4 Å². The number of carbonyl (C=O) groups is 1. The van der Waals surface area contributed by atoms with Crippen molar-refractivity contribution in [2.75, 3.05) is 20.6 Å². The van der Waals surface area contributed by atoms with Gasteiger partial charge < -0.3 is 14.2 Å². The highest BCUT2D eigenvalue weighted by molar-refractivity contribution is 5.93. The van der Waals surface area contributed by atoms with Gasteiger partial charge in [0.05, 0.1) is 17.7 Å². The van der Waals surface area contributed by atoms with Crippen LogP contribution < -0.4 is 10.7 Å². The Morgan fingerprint density at radius 3 is 2.65 bits per heavy atom. The normalized spacial score (nSPS) is 12.5. The molecule has 0 bridgehead atoms. The summed E-state index contributed by atoms with van der Waals surface area (Å²) in [7, 11) is 3.81. The first-order valence-electron chi connectivity index (χ1n) is 8.40. The van der Waals surface area contributed by atoms with Crippen LogP contribution in [0.3, 0.4) is 0 Å². The molecule has 0 unspecified atom stereocenters. The number of hydrogen-bond acceptors (Lipinski definition) is 5. The largest absolute Gasteiger partial charge is 0.468 e. The lowest BCUT2D eigenvalue weighted by atomic mass is 10.1. The van der Waals surface area contributed by atoms with Crippen LogP contribution in [0.25, 0.3) is 11.0 Å². The van der Waals surface area contributed by atoms with Gasteiger partial charge in [0.25, 0.3) is 5.91 Å². The van der Waals surface area contributed by atoms with E-state index in [4.69, 9.17) is 8.83 Å². The Labute approximate surface area is 151 Å². The summed E-state index contributed by atoms with van der Waals surface area (Å²) < 4.78 is 11.2. The van der Waals surface area contributed by atoms with Crippen LogP contribution in [0.5, 0.6) is 0 Å². The lowest BCUT2D eigenvalue weighted by Crippen LogP contribution is -2.34. The minimum atomic E-state index is -0.428. The minimum absolute atomic E-state index is 0.00593. The summed E-state index contributed by atoms with van der Waals surface area (Å²) in [5.41, 5.74) is 2.03. The molecule has 0 aliphatic rings. The minimum Gasteiger partial charge on any atom is -0.468 e. The summed E-state index contributed by atoms with van der Waals surface area (Å²) in [6.07, 6.45) is 1.60. The molecule has 6 heteroatoms. The molecule has 0 radical (unpaired) electrons. The van der Waals surface area contributed by atoms with E-state index in [1.807, 2.05) is 45.0 Å². The van der Waals surface area contributed by atoms with Crippen molar-refractivity contribution >= 4 is 16.9 Å². The molecular formula is C20H22N2O4. The molecule has 6 nitrogen and oxygen atoms in total. The van der Waals surface area contributed by atoms with Crippen molar-refractivity contribution < 1.29 is 13.6 Å². The lowest BCUT2D eigenvalue weighted by molar-refractivity contribution is 0.0912. The smallest absolute Gasteiger partial charge is 0.287 e. The van der Waals surface area contributed by atoms with Crippen molar-refractivity contribution in [1.29, 1.82) is 0 Å². The van der Waals surface area contributed by atoms with Gasteiger partial charge in [-0.1, -0.05) is 6.07 Å². The Morgan fingerprint density at radius 2 is 2.00 bits per heavy atom. The summed E-state index contributed by atoms with van der Waals surface area (Å²) >= 11 is 0. The molecule has 0 spiro atoms. The van der Waals surface area contributed by atoms with Crippen molar-refractivity contribution in [3.05, 3.63) is 69.5 Å². The van der Waals surface area contributed by atoms with Gasteiger partial charge in [0.1, 0.15) is 11.3 Å². The Bertz CT molecular complexity index is 987. The van der Waals surface area contributed by atoms with Crippen LogP contribution in [0.15, 0.2) is 50.2 Å². The Hall–Kier alpha value is -2.86. The standard InChI is InChI=1S/C20H22N2O4/c1-12-8-13(2)19-14(9-12)16(23)10-18(26-19)20(24)21-11-15(22(3)4)17-6-5-7-25-17/h5-10,15H,11H2,1-4H3,(H,21,24)/t15-/m0/s1. The number of fused-ring (bicyclic) bond motifs is 1. The fraction of sp³-hybridized carbons (Fsp3) is 0.300. The van der Waals surface area contributed by atoms with Gasteiger partial charge in [-0.05, 0) is 57.3 Å². The van der Waals surface area contributed by atoms with Gasteiger partial charge in [-0.3, -0.25) is 14.5 Å². The molecule has 0 aliphatic heterocycles. The van der Waals surface area contributed by atoms with E-state index < -0.39 is 5.91 Å². The predicted octanol–water partition coefficient (Wildman–Crippen LogP) is 3.04. The van der Waals surface area contributed by atoms with Crippen LogP contribution in [-0.2, 0) is 0 Å². The van der Waals surface area contributed by atoms with E-state index in [0.29, 0.717) is 17.5 Å². The van der Waals surface area contributed by atoms with Gasteiger partial charge in [-0.2, -0.15) is 0 Å². The Kier molecular flexibility index (Phi) is 4.95. The molecule has 26 heavy (non-hydrogen) atoms. The second kappa shape index (κ2) is 7.17. The summed E-state index contributed by atoms with van der Waals surface area (Å²) in [6.45, 7) is 4.11. The van der Waals surface area contributed by atoms with Crippen molar-refractivity contribution in [1.82, 2.24) is 10.2 Å². The van der Waals surface area contributed by atoms with Crippen LogP contribution in [0.2, 0.25) is 0 Å². The fourth-order valence-electron chi connectivity index (χ4n) is 3.02. The molecule has 1 amide bonds. The highest BCUT2D eigenvalue weighted by atomic mass is 16.3. The van der Waals surface area contributed by atoms with Gasteiger partial charge in [0.2, 0.25) is 0 Å². The van der Waals surface area contributed by atoms with E-state index in [2.05, 4.69) is 5.32 Å². The molecular weight excluding hydrogens is 332 g/mol. The number of furan rings is 1. The number of carbonyl (C=O) groups excluding carboxylic acids is 1. The highest BCUT2D eigenvalue weighted by Crippen LogP contribution is 2.20. The van der Waals surface area contributed by atoms with Crippen molar-refractivity contribution in [2.45, 2.75) is 19.9 Å². The highest BCUT2D eigenvalue weighted by Gasteiger charge is 2.20. The SMILES string of the molecule is Cc1cc(C)c2oc(C(=O)NC[C@@H](c3ccco3)N(C)C)cc(=O)c2c1. The molecule has 0 fully saturated rings. The summed E-state index contributed by atoms with van der Waals surface area (Å²) in [5, 5.41) is 3.31. The molecule has 0 saturated carbocycles. The maximum Gasteiger partial charge on any atom is 0.287 e. The van der Waals surface area contributed by atoms with Gasteiger partial charge >= 0.3 is 0 Å². The van der Waals surface area contributed by atoms with E-state index in [9.17, 15) is 9.59 Å². The van der Waals surface area contributed by atoms with Crippen molar-refractivity contribution in [3.63, 3.8) is 0 Å². The average molecular weight is 354 g/mol. The lowest BCUT2D eigenvalue weighted by Gasteiger charge is -2.22.